The second-order valence-electron chi connectivity index (χ2n) is 6.25. The summed E-state index contributed by atoms with van der Waals surface area (Å²) in [5.41, 5.74) is 5.65. The maximum Gasteiger partial charge on any atom is 1.00 e. The first kappa shape index (κ1) is 22.9. The van der Waals surface area contributed by atoms with Crippen LogP contribution in [0.25, 0.3) is 0 Å². The van der Waals surface area contributed by atoms with Crippen molar-refractivity contribution < 1.29 is 34.6 Å². The van der Waals surface area contributed by atoms with Gasteiger partial charge in [-0.2, -0.15) is 0 Å². The van der Waals surface area contributed by atoms with Crippen molar-refractivity contribution >= 4 is 19.4 Å². The van der Waals surface area contributed by atoms with Crippen molar-refractivity contribution in [1.82, 2.24) is 0 Å². The number of benzene rings is 2. The van der Waals surface area contributed by atoms with E-state index in [1.54, 1.807) is 0 Å². The molecule has 0 aliphatic rings. The van der Waals surface area contributed by atoms with Crippen LogP contribution < -0.4 is 28.9 Å². The minimum atomic E-state index is -0.277. The zero-order valence-corrected chi connectivity index (χ0v) is 17.9. The van der Waals surface area contributed by atoms with Crippen LogP contribution in [0.4, 0.5) is 0 Å². The molecule has 3 nitrogen and oxygen atoms in total. The van der Waals surface area contributed by atoms with Crippen molar-refractivity contribution in [3.63, 3.8) is 0 Å². The second kappa shape index (κ2) is 10.3. The predicted molar refractivity (Wildman–Crippen MR) is 107 cm³/mol. The number of hydrogen-bond acceptors (Lipinski definition) is 3. The average molecular weight is 366 g/mol. The van der Waals surface area contributed by atoms with Crippen molar-refractivity contribution in [3.8, 4) is 5.75 Å². The number of carbonyl (C=O) groups excluding carboxylic acids is 1. The van der Waals surface area contributed by atoms with Gasteiger partial charge in [0.05, 0.1) is 0 Å². The molecule has 0 fully saturated rings. The van der Waals surface area contributed by atoms with Gasteiger partial charge in [-0.1, -0.05) is 18.2 Å². The Morgan fingerprint density at radius 1 is 1.08 bits per heavy atom. The first-order chi connectivity index (χ1) is 11.8. The van der Waals surface area contributed by atoms with Crippen LogP contribution in [0.2, 0.25) is 0 Å². The summed E-state index contributed by atoms with van der Waals surface area (Å²) in [5.74, 6) is 0.750. The van der Waals surface area contributed by atoms with Gasteiger partial charge in [-0.15, -0.1) is 0 Å². The molecular weight excluding hydrogens is 338 g/mol. The van der Waals surface area contributed by atoms with E-state index in [9.17, 15) is 4.79 Å². The third kappa shape index (κ3) is 5.70. The Morgan fingerprint density at radius 3 is 2.27 bits per heavy atom. The van der Waals surface area contributed by atoms with Crippen LogP contribution in [-0.4, -0.2) is 18.4 Å². The Bertz CT molecular complexity index is 763. The topological polar surface area (TPSA) is 35.5 Å². The van der Waals surface area contributed by atoms with Crippen LogP contribution in [0.5, 0.6) is 5.75 Å². The molecule has 0 N–H and O–H groups in total. The zero-order chi connectivity index (χ0) is 18.6. The fraction of sp³-hybridized carbons (Fsp3) is 0.381. The molecule has 2 unspecified atom stereocenters. The Balaban J connectivity index is 0.00000338. The zero-order valence-electron chi connectivity index (χ0n) is 17.9. The van der Waals surface area contributed by atoms with E-state index in [4.69, 9.17) is 9.47 Å². The minimum absolute atomic E-state index is 0. The molecule has 0 aliphatic heterocycles. The maximum absolute atomic E-state index is 12.8. The largest absolute Gasteiger partial charge is 1.00 e. The van der Waals surface area contributed by atoms with Gasteiger partial charge in [-0.25, -0.2) is 0 Å². The summed E-state index contributed by atoms with van der Waals surface area (Å²) >= 11 is 0. The van der Waals surface area contributed by atoms with Gasteiger partial charge in [0.25, 0.3) is 0 Å². The van der Waals surface area contributed by atoms with Crippen molar-refractivity contribution in [2.45, 2.75) is 47.8 Å². The molecule has 2 aromatic rings. The van der Waals surface area contributed by atoms with Crippen LogP contribution in [0.15, 0.2) is 30.3 Å². The van der Waals surface area contributed by atoms with E-state index >= 15 is 0 Å². The molecule has 0 aromatic heterocycles. The van der Waals surface area contributed by atoms with E-state index < -0.39 is 0 Å². The molecule has 136 valence electrons. The third-order valence-corrected chi connectivity index (χ3v) is 5.50. The van der Waals surface area contributed by atoms with Crippen LogP contribution in [0, 0.1) is 27.7 Å². The van der Waals surface area contributed by atoms with E-state index in [0.717, 1.165) is 27.7 Å². The van der Waals surface area contributed by atoms with Crippen molar-refractivity contribution in [2.75, 3.05) is 6.61 Å². The van der Waals surface area contributed by atoms with Crippen LogP contribution in [0.1, 0.15) is 47.9 Å². The van der Waals surface area contributed by atoms with Gasteiger partial charge >= 0.3 is 18.9 Å². The van der Waals surface area contributed by atoms with Gasteiger partial charge in [-0.05, 0) is 89.8 Å². The molecule has 0 heterocycles. The fourth-order valence-electron chi connectivity index (χ4n) is 2.90. The number of hydrogen-bond donors (Lipinski definition) is 0. The molecule has 0 radical (unpaired) electrons. The summed E-state index contributed by atoms with van der Waals surface area (Å²) in [5, 5.41) is 1.01. The molecule has 0 amide bonds. The molecule has 5 heteroatoms. The van der Waals surface area contributed by atoms with E-state index in [2.05, 4.69) is 19.9 Å². The second-order valence-corrected chi connectivity index (χ2v) is 7.54. The van der Waals surface area contributed by atoms with Gasteiger partial charge in [0, 0.05) is 12.2 Å². The van der Waals surface area contributed by atoms with E-state index in [1.807, 2.05) is 52.0 Å². The molecule has 0 bridgehead atoms. The van der Waals surface area contributed by atoms with Crippen molar-refractivity contribution in [1.29, 1.82) is 0 Å². The normalized spacial score (nSPS) is 12.1. The minimum Gasteiger partial charge on any atom is -1.00 e. The summed E-state index contributed by atoms with van der Waals surface area (Å²) in [6.45, 7) is 12.6. The van der Waals surface area contributed by atoms with Crippen molar-refractivity contribution in [2.24, 2.45) is 0 Å². The summed E-state index contributed by atoms with van der Waals surface area (Å²) in [4.78, 5) is 12.8. The first-order valence-electron chi connectivity index (χ1n) is 8.60. The molecule has 0 aliphatic carbocycles. The Kier molecular flexibility index (Phi) is 9.08. The molecule has 2 atom stereocenters. The third-order valence-electron chi connectivity index (χ3n) is 4.40. The van der Waals surface area contributed by atoms with Crippen LogP contribution >= 0.6 is 8.58 Å². The molecule has 0 spiro atoms. The Morgan fingerprint density at radius 2 is 1.69 bits per heavy atom. The van der Waals surface area contributed by atoms with E-state index in [0.29, 0.717) is 6.61 Å². The van der Waals surface area contributed by atoms with Crippen molar-refractivity contribution in [3.05, 3.63) is 58.1 Å². The summed E-state index contributed by atoms with van der Waals surface area (Å²) in [7, 11) is 0.109. The monoisotopic (exact) mass is 366 g/mol. The fourth-order valence-corrected chi connectivity index (χ4v) is 4.01. The quantitative estimate of drug-likeness (QED) is 0.427. The molecule has 0 saturated carbocycles. The predicted octanol–water partition coefficient (Wildman–Crippen LogP) is 1.94. The molecule has 2 aromatic carbocycles. The van der Waals surface area contributed by atoms with E-state index in [-0.39, 0.29) is 40.7 Å². The average Bonchev–Trinajstić information content (AvgIpc) is 2.55. The van der Waals surface area contributed by atoms with Crippen LogP contribution in [-0.2, 0) is 4.74 Å². The van der Waals surface area contributed by atoms with Gasteiger partial charge in [0.2, 0.25) is 0 Å². The summed E-state index contributed by atoms with van der Waals surface area (Å²) in [6, 6.07) is 9.80. The molecule has 0 saturated heterocycles. The Labute approximate surface area is 172 Å². The summed E-state index contributed by atoms with van der Waals surface area (Å²) < 4.78 is 11.0. The molecule has 2 rings (SSSR count). The number of rotatable bonds is 7. The molecular formula is C21H28LiO3P. The van der Waals surface area contributed by atoms with E-state index in [1.165, 1.54) is 11.1 Å². The molecule has 26 heavy (non-hydrogen) atoms. The van der Waals surface area contributed by atoms with Gasteiger partial charge in [-0.3, -0.25) is 4.79 Å². The Hall–Kier alpha value is -1.10. The smallest absolute Gasteiger partial charge is 1.00 e. The number of ether oxygens (including phenoxy) is 2. The maximum atomic E-state index is 12.8. The van der Waals surface area contributed by atoms with Gasteiger partial charge in [0.1, 0.15) is 5.75 Å². The van der Waals surface area contributed by atoms with Crippen LogP contribution in [0.3, 0.4) is 0 Å². The van der Waals surface area contributed by atoms with Gasteiger partial charge < -0.3 is 10.9 Å². The SMILES string of the molecule is CCOC(C)Oc1ccc(PC(=O)c2c(C)cc(C)c(C)c2C)cc1.[H-].[Li+]. The summed E-state index contributed by atoms with van der Waals surface area (Å²) in [6.07, 6.45) is -0.277. The number of aryl methyl sites for hydroxylation is 2. The first-order valence-corrected chi connectivity index (χ1v) is 9.60. The standard InChI is InChI=1S/C21H27O3P.Li.H/c1-7-23-17(6)24-18-8-10-19(11-9-18)25-21(22)20-14(3)12-13(2)15(4)16(20)5;;/h8-12,17,25H,7H2,1-6H3;;/q;+1;-1. The number of carbonyl (C=O) groups is 1. The van der Waals surface area contributed by atoms with Gasteiger partial charge in [0.15, 0.2) is 11.8 Å².